The van der Waals surface area contributed by atoms with Crippen molar-refractivity contribution in [3.8, 4) is 11.5 Å². The monoisotopic (exact) mass is 373 g/mol. The Morgan fingerprint density at radius 2 is 1.81 bits per heavy atom. The molecule has 3 rings (SSSR count). The van der Waals surface area contributed by atoms with Crippen molar-refractivity contribution >= 4 is 17.5 Å². The molecule has 1 aliphatic rings. The lowest BCUT2D eigenvalue weighted by molar-refractivity contribution is 0.0690. The number of amides is 1. The third kappa shape index (κ3) is 4.13. The van der Waals surface area contributed by atoms with Crippen LogP contribution in [-0.4, -0.2) is 38.1 Å². The summed E-state index contributed by atoms with van der Waals surface area (Å²) in [5.41, 5.74) is 1.90. The molecule has 1 saturated heterocycles. The highest BCUT2D eigenvalue weighted by molar-refractivity contribution is 6.32. The normalized spacial score (nSPS) is 15.0. The maximum atomic E-state index is 12.9. The molecule has 138 valence electrons. The number of carbonyl (C=O) groups excluding carboxylic acids is 1. The Morgan fingerprint density at radius 3 is 2.42 bits per heavy atom. The minimum absolute atomic E-state index is 0.00832. The molecule has 1 amide bonds. The Labute approximate surface area is 159 Å². The van der Waals surface area contributed by atoms with E-state index in [-0.39, 0.29) is 5.91 Å². The number of piperidine rings is 1. The van der Waals surface area contributed by atoms with Gasteiger partial charge in [0.05, 0.1) is 19.2 Å². The number of hydrogen-bond donors (Lipinski definition) is 0. The Balaban J connectivity index is 1.64. The number of nitrogens with zero attached hydrogens (tertiary/aromatic N) is 1. The van der Waals surface area contributed by atoms with Gasteiger partial charge in [-0.1, -0.05) is 41.9 Å². The van der Waals surface area contributed by atoms with Crippen LogP contribution in [0.5, 0.6) is 11.5 Å². The lowest BCUT2D eigenvalue weighted by atomic mass is 9.90. The summed E-state index contributed by atoms with van der Waals surface area (Å²) in [7, 11) is 3.07. The van der Waals surface area contributed by atoms with Gasteiger partial charge in [0.25, 0.3) is 5.91 Å². The summed E-state index contributed by atoms with van der Waals surface area (Å²) in [5.74, 6) is 1.54. The van der Waals surface area contributed by atoms with Crippen LogP contribution >= 0.6 is 11.6 Å². The molecule has 0 radical (unpaired) electrons. The van der Waals surface area contributed by atoms with Crippen LogP contribution in [0.4, 0.5) is 0 Å². The molecule has 0 aromatic heterocycles. The van der Waals surface area contributed by atoms with Crippen LogP contribution < -0.4 is 9.47 Å². The Hall–Kier alpha value is -2.20. The van der Waals surface area contributed by atoms with Crippen LogP contribution in [0.1, 0.15) is 28.8 Å². The second-order valence-corrected chi connectivity index (χ2v) is 7.03. The third-order valence-corrected chi connectivity index (χ3v) is 5.23. The standard InChI is InChI=1S/C21H24ClNO3/c1-25-19-14-17(13-18(22)20(19)26-2)21(24)23-10-8-16(9-11-23)12-15-6-4-3-5-7-15/h3-7,13-14,16H,8-12H2,1-2H3. The van der Waals surface area contributed by atoms with Crippen molar-refractivity contribution < 1.29 is 14.3 Å². The quantitative estimate of drug-likeness (QED) is 0.777. The molecule has 0 N–H and O–H groups in total. The number of ether oxygens (including phenoxy) is 2. The zero-order chi connectivity index (χ0) is 18.5. The summed E-state index contributed by atoms with van der Waals surface area (Å²) in [6, 6.07) is 13.9. The Bertz CT molecular complexity index is 755. The first-order valence-electron chi connectivity index (χ1n) is 8.87. The molecule has 2 aromatic carbocycles. The molecule has 0 bridgehead atoms. The first-order chi connectivity index (χ1) is 12.6. The van der Waals surface area contributed by atoms with Gasteiger partial charge >= 0.3 is 0 Å². The van der Waals surface area contributed by atoms with Crippen molar-refractivity contribution in [2.75, 3.05) is 27.3 Å². The fourth-order valence-corrected chi connectivity index (χ4v) is 3.80. The molecular formula is C21H24ClNO3. The molecule has 0 atom stereocenters. The number of methoxy groups -OCH3 is 2. The number of likely N-dealkylation sites (tertiary alicyclic amines) is 1. The van der Waals surface area contributed by atoms with Crippen LogP contribution in [0.2, 0.25) is 5.02 Å². The number of benzene rings is 2. The molecule has 4 nitrogen and oxygen atoms in total. The average molecular weight is 374 g/mol. The number of halogens is 1. The zero-order valence-corrected chi connectivity index (χ0v) is 16.0. The van der Waals surface area contributed by atoms with Crippen molar-refractivity contribution in [2.45, 2.75) is 19.3 Å². The molecule has 0 unspecified atom stereocenters. The van der Waals surface area contributed by atoms with E-state index >= 15 is 0 Å². The SMILES string of the molecule is COc1cc(C(=O)N2CCC(Cc3ccccc3)CC2)cc(Cl)c1OC. The van der Waals surface area contributed by atoms with Gasteiger partial charge in [0.2, 0.25) is 0 Å². The minimum Gasteiger partial charge on any atom is -0.493 e. The number of rotatable bonds is 5. The third-order valence-electron chi connectivity index (χ3n) is 4.95. The average Bonchev–Trinajstić information content (AvgIpc) is 2.68. The van der Waals surface area contributed by atoms with Gasteiger partial charge < -0.3 is 14.4 Å². The molecule has 1 heterocycles. The van der Waals surface area contributed by atoms with Crippen molar-refractivity contribution in [2.24, 2.45) is 5.92 Å². The molecule has 2 aromatic rings. The molecule has 1 aliphatic heterocycles. The predicted molar refractivity (Wildman–Crippen MR) is 103 cm³/mol. The summed E-state index contributed by atoms with van der Waals surface area (Å²) < 4.78 is 10.5. The summed E-state index contributed by atoms with van der Waals surface area (Å²) in [4.78, 5) is 14.8. The molecule has 1 fully saturated rings. The second-order valence-electron chi connectivity index (χ2n) is 6.62. The fraction of sp³-hybridized carbons (Fsp3) is 0.381. The van der Waals surface area contributed by atoms with Gasteiger partial charge in [-0.05, 0) is 42.9 Å². The summed E-state index contributed by atoms with van der Waals surface area (Å²) in [5, 5.41) is 0.383. The van der Waals surface area contributed by atoms with E-state index in [4.69, 9.17) is 21.1 Å². The molecular weight excluding hydrogens is 350 g/mol. The zero-order valence-electron chi connectivity index (χ0n) is 15.2. The molecule has 5 heteroatoms. The van der Waals surface area contributed by atoms with Crippen LogP contribution in [0.15, 0.2) is 42.5 Å². The summed E-state index contributed by atoms with van der Waals surface area (Å²) in [6.07, 6.45) is 3.11. The minimum atomic E-state index is -0.00832. The lowest BCUT2D eigenvalue weighted by Crippen LogP contribution is -2.38. The highest BCUT2D eigenvalue weighted by Crippen LogP contribution is 2.36. The van der Waals surface area contributed by atoms with E-state index in [1.807, 2.05) is 11.0 Å². The highest BCUT2D eigenvalue weighted by atomic mass is 35.5. The van der Waals surface area contributed by atoms with E-state index in [0.29, 0.717) is 28.0 Å². The molecule has 0 aliphatic carbocycles. The van der Waals surface area contributed by atoms with Crippen LogP contribution in [-0.2, 0) is 6.42 Å². The van der Waals surface area contributed by atoms with Gasteiger partial charge in [-0.3, -0.25) is 4.79 Å². The largest absolute Gasteiger partial charge is 0.493 e. The maximum absolute atomic E-state index is 12.9. The second kappa shape index (κ2) is 8.45. The fourth-order valence-electron chi connectivity index (χ4n) is 3.51. The number of carbonyl (C=O) groups is 1. The van der Waals surface area contributed by atoms with Crippen LogP contribution in [0.3, 0.4) is 0 Å². The van der Waals surface area contributed by atoms with Crippen LogP contribution in [0, 0.1) is 5.92 Å². The van der Waals surface area contributed by atoms with Crippen molar-refractivity contribution in [3.05, 3.63) is 58.6 Å². The maximum Gasteiger partial charge on any atom is 0.254 e. The van der Waals surface area contributed by atoms with Gasteiger partial charge in [0.15, 0.2) is 11.5 Å². The topological polar surface area (TPSA) is 38.8 Å². The van der Waals surface area contributed by atoms with E-state index in [1.165, 1.54) is 19.8 Å². The highest BCUT2D eigenvalue weighted by Gasteiger charge is 2.25. The number of hydrogen-bond acceptors (Lipinski definition) is 3. The first kappa shape index (κ1) is 18.6. The van der Waals surface area contributed by atoms with Gasteiger partial charge in [0, 0.05) is 18.7 Å². The first-order valence-corrected chi connectivity index (χ1v) is 9.25. The van der Waals surface area contributed by atoms with E-state index < -0.39 is 0 Å². The Kier molecular flexibility index (Phi) is 6.04. The smallest absolute Gasteiger partial charge is 0.254 e. The summed E-state index contributed by atoms with van der Waals surface area (Å²) >= 11 is 6.23. The van der Waals surface area contributed by atoms with Crippen molar-refractivity contribution in [1.29, 1.82) is 0 Å². The van der Waals surface area contributed by atoms with Gasteiger partial charge in [-0.2, -0.15) is 0 Å². The Morgan fingerprint density at radius 1 is 1.12 bits per heavy atom. The van der Waals surface area contributed by atoms with Crippen molar-refractivity contribution in [3.63, 3.8) is 0 Å². The van der Waals surface area contributed by atoms with Crippen molar-refractivity contribution in [1.82, 2.24) is 4.90 Å². The van der Waals surface area contributed by atoms with Crippen LogP contribution in [0.25, 0.3) is 0 Å². The summed E-state index contributed by atoms with van der Waals surface area (Å²) in [6.45, 7) is 1.53. The van der Waals surface area contributed by atoms with Gasteiger partial charge in [0.1, 0.15) is 0 Å². The predicted octanol–water partition coefficient (Wildman–Crippen LogP) is 4.45. The van der Waals surface area contributed by atoms with Gasteiger partial charge in [-0.15, -0.1) is 0 Å². The lowest BCUT2D eigenvalue weighted by Gasteiger charge is -2.32. The van der Waals surface area contributed by atoms with Gasteiger partial charge in [-0.25, -0.2) is 0 Å². The van der Waals surface area contributed by atoms with E-state index in [1.54, 1.807) is 12.1 Å². The van der Waals surface area contributed by atoms with E-state index in [2.05, 4.69) is 24.3 Å². The molecule has 0 spiro atoms. The van der Waals surface area contributed by atoms with E-state index in [0.717, 1.165) is 32.4 Å². The van der Waals surface area contributed by atoms with E-state index in [9.17, 15) is 4.79 Å². The molecule has 26 heavy (non-hydrogen) atoms. The molecule has 0 saturated carbocycles.